The van der Waals surface area contributed by atoms with Gasteiger partial charge in [0.2, 0.25) is 5.95 Å². The third-order valence-electron chi connectivity index (χ3n) is 4.63. The minimum absolute atomic E-state index is 0.446. The van der Waals surface area contributed by atoms with Gasteiger partial charge in [-0.25, -0.2) is 9.97 Å². The highest BCUT2D eigenvalue weighted by Crippen LogP contribution is 2.40. The van der Waals surface area contributed by atoms with Crippen molar-refractivity contribution in [2.24, 2.45) is 0 Å². The van der Waals surface area contributed by atoms with Crippen molar-refractivity contribution in [3.8, 4) is 17.1 Å². The zero-order chi connectivity index (χ0) is 18.2. The lowest BCUT2D eigenvalue weighted by Crippen LogP contribution is -2.01. The lowest BCUT2D eigenvalue weighted by molar-refractivity contribution is 0.415. The molecule has 3 heterocycles. The van der Waals surface area contributed by atoms with E-state index in [2.05, 4.69) is 19.9 Å². The van der Waals surface area contributed by atoms with Crippen molar-refractivity contribution in [2.45, 2.75) is 18.9 Å². The number of benzene rings is 1. The number of aromatic nitrogens is 5. The first kappa shape index (κ1) is 15.7. The third-order valence-corrected chi connectivity index (χ3v) is 4.63. The number of methoxy groups -OCH3 is 1. The van der Waals surface area contributed by atoms with Gasteiger partial charge in [0.1, 0.15) is 17.1 Å². The van der Waals surface area contributed by atoms with Gasteiger partial charge in [-0.1, -0.05) is 0 Å². The summed E-state index contributed by atoms with van der Waals surface area (Å²) in [7, 11) is 1.65. The van der Waals surface area contributed by atoms with E-state index in [9.17, 15) is 0 Å². The second kappa shape index (κ2) is 6.35. The Morgan fingerprint density at radius 1 is 1.04 bits per heavy atom. The van der Waals surface area contributed by atoms with Gasteiger partial charge in [0.25, 0.3) is 0 Å². The summed E-state index contributed by atoms with van der Waals surface area (Å²) in [5.74, 6) is 2.28. The molecule has 4 aromatic rings. The highest BCUT2D eigenvalue weighted by atomic mass is 16.5. The van der Waals surface area contributed by atoms with E-state index in [-0.39, 0.29) is 0 Å². The molecule has 1 aromatic carbocycles. The summed E-state index contributed by atoms with van der Waals surface area (Å²) in [6.07, 6.45) is 7.64. The number of nitrogens with zero attached hydrogens (tertiary/aromatic N) is 5. The molecule has 7 nitrogen and oxygen atoms in total. The van der Waals surface area contributed by atoms with Crippen molar-refractivity contribution < 1.29 is 4.74 Å². The molecule has 0 saturated heterocycles. The van der Waals surface area contributed by atoms with Crippen LogP contribution in [0.4, 0.5) is 11.6 Å². The molecule has 0 bridgehead atoms. The second-order valence-electron chi connectivity index (χ2n) is 6.53. The molecule has 0 radical (unpaired) electrons. The van der Waals surface area contributed by atoms with E-state index < -0.39 is 0 Å². The fourth-order valence-corrected chi connectivity index (χ4v) is 3.14. The van der Waals surface area contributed by atoms with Gasteiger partial charge in [-0.2, -0.15) is 4.98 Å². The van der Waals surface area contributed by atoms with Crippen LogP contribution in [0, 0.1) is 0 Å². The summed E-state index contributed by atoms with van der Waals surface area (Å²) in [5, 5.41) is 3.25. The topological polar surface area (TPSA) is 77.8 Å². The smallest absolute Gasteiger partial charge is 0.229 e. The number of pyridine rings is 1. The van der Waals surface area contributed by atoms with Crippen LogP contribution in [-0.2, 0) is 0 Å². The molecule has 0 unspecified atom stereocenters. The van der Waals surface area contributed by atoms with Crippen molar-refractivity contribution in [3.05, 3.63) is 55.0 Å². The predicted molar refractivity (Wildman–Crippen MR) is 103 cm³/mol. The quantitative estimate of drug-likeness (QED) is 0.581. The minimum Gasteiger partial charge on any atom is -0.497 e. The van der Waals surface area contributed by atoms with Crippen molar-refractivity contribution in [3.63, 3.8) is 0 Å². The van der Waals surface area contributed by atoms with Gasteiger partial charge in [-0.15, -0.1) is 0 Å². The van der Waals surface area contributed by atoms with E-state index in [1.807, 2.05) is 36.4 Å². The van der Waals surface area contributed by atoms with Crippen LogP contribution in [0.5, 0.6) is 5.75 Å². The fraction of sp³-hybridized carbons (Fsp3) is 0.200. The number of anilines is 2. The van der Waals surface area contributed by atoms with Crippen molar-refractivity contribution in [1.29, 1.82) is 0 Å². The Kier molecular flexibility index (Phi) is 3.71. The van der Waals surface area contributed by atoms with Crippen LogP contribution in [0.15, 0.2) is 55.0 Å². The highest BCUT2D eigenvalue weighted by molar-refractivity contribution is 5.78. The standard InChI is InChI=1S/C20H18N6O/c1-27-16-6-2-14(3-7-16)23-20-22-12-17-19(25-20)26(15-4-5-15)18(24-17)13-8-10-21-11-9-13/h2-3,6-12,15H,4-5H2,1H3,(H,22,23,25). The van der Waals surface area contributed by atoms with Gasteiger partial charge < -0.3 is 14.6 Å². The molecular weight excluding hydrogens is 340 g/mol. The van der Waals surface area contributed by atoms with Gasteiger partial charge >= 0.3 is 0 Å². The molecule has 1 N–H and O–H groups in total. The summed E-state index contributed by atoms with van der Waals surface area (Å²) in [4.78, 5) is 18.1. The maximum atomic E-state index is 5.20. The maximum Gasteiger partial charge on any atom is 0.229 e. The van der Waals surface area contributed by atoms with Gasteiger partial charge in [-0.3, -0.25) is 4.98 Å². The van der Waals surface area contributed by atoms with E-state index in [1.165, 1.54) is 0 Å². The Hall–Kier alpha value is -3.48. The van der Waals surface area contributed by atoms with Crippen molar-refractivity contribution in [1.82, 2.24) is 24.5 Å². The van der Waals surface area contributed by atoms with Crippen LogP contribution in [0.25, 0.3) is 22.6 Å². The summed E-state index contributed by atoms with van der Waals surface area (Å²) < 4.78 is 7.42. The molecule has 0 amide bonds. The average Bonchev–Trinajstić information content (AvgIpc) is 3.49. The molecule has 1 saturated carbocycles. The monoisotopic (exact) mass is 358 g/mol. The zero-order valence-electron chi connectivity index (χ0n) is 14.8. The van der Waals surface area contributed by atoms with E-state index in [0.29, 0.717) is 12.0 Å². The highest BCUT2D eigenvalue weighted by Gasteiger charge is 2.29. The first-order chi connectivity index (χ1) is 13.3. The SMILES string of the molecule is COc1ccc(Nc2ncc3nc(-c4ccncc4)n(C4CC4)c3n2)cc1. The lowest BCUT2D eigenvalue weighted by Gasteiger charge is -2.08. The number of hydrogen-bond donors (Lipinski definition) is 1. The number of ether oxygens (including phenoxy) is 1. The van der Waals surface area contributed by atoms with E-state index >= 15 is 0 Å². The van der Waals surface area contributed by atoms with E-state index in [1.54, 1.807) is 25.7 Å². The van der Waals surface area contributed by atoms with Gasteiger partial charge in [0, 0.05) is 29.7 Å². The zero-order valence-corrected chi connectivity index (χ0v) is 14.8. The van der Waals surface area contributed by atoms with Crippen molar-refractivity contribution >= 4 is 22.8 Å². The van der Waals surface area contributed by atoms with Gasteiger partial charge in [-0.05, 0) is 49.2 Å². The molecule has 134 valence electrons. The second-order valence-corrected chi connectivity index (χ2v) is 6.53. The summed E-state index contributed by atoms with van der Waals surface area (Å²) in [5.41, 5.74) is 3.60. The molecular formula is C20H18N6O. The molecule has 1 aliphatic rings. The molecule has 0 spiro atoms. The van der Waals surface area contributed by atoms with Gasteiger partial charge in [0.05, 0.1) is 13.3 Å². The van der Waals surface area contributed by atoms with Crippen LogP contribution in [0.3, 0.4) is 0 Å². The predicted octanol–water partition coefficient (Wildman–Crippen LogP) is 3.98. The van der Waals surface area contributed by atoms with Crippen LogP contribution in [0.2, 0.25) is 0 Å². The average molecular weight is 358 g/mol. The number of imidazole rings is 1. The Morgan fingerprint density at radius 3 is 2.52 bits per heavy atom. The maximum absolute atomic E-state index is 5.20. The Labute approximate surface area is 156 Å². The third kappa shape index (κ3) is 2.97. The summed E-state index contributed by atoms with van der Waals surface area (Å²) in [6.45, 7) is 0. The van der Waals surface area contributed by atoms with Crippen molar-refractivity contribution in [2.75, 3.05) is 12.4 Å². The van der Waals surface area contributed by atoms with Crippen LogP contribution in [-0.4, -0.2) is 31.6 Å². The van der Waals surface area contributed by atoms with Crippen LogP contribution < -0.4 is 10.1 Å². The number of nitrogens with one attached hydrogen (secondary N) is 1. The molecule has 0 atom stereocenters. The van der Waals surface area contributed by atoms with Crippen LogP contribution in [0.1, 0.15) is 18.9 Å². The number of fused-ring (bicyclic) bond motifs is 1. The fourth-order valence-electron chi connectivity index (χ4n) is 3.14. The molecule has 1 aliphatic carbocycles. The largest absolute Gasteiger partial charge is 0.497 e. The Balaban J connectivity index is 1.55. The molecule has 27 heavy (non-hydrogen) atoms. The first-order valence-electron chi connectivity index (χ1n) is 8.88. The van der Waals surface area contributed by atoms with E-state index in [4.69, 9.17) is 14.7 Å². The van der Waals surface area contributed by atoms with E-state index in [0.717, 1.165) is 46.8 Å². The molecule has 0 aliphatic heterocycles. The van der Waals surface area contributed by atoms with Gasteiger partial charge in [0.15, 0.2) is 5.65 Å². The summed E-state index contributed by atoms with van der Waals surface area (Å²) in [6, 6.07) is 12.1. The number of hydrogen-bond acceptors (Lipinski definition) is 6. The first-order valence-corrected chi connectivity index (χ1v) is 8.88. The Morgan fingerprint density at radius 2 is 1.81 bits per heavy atom. The molecule has 5 rings (SSSR count). The molecule has 1 fully saturated rings. The summed E-state index contributed by atoms with van der Waals surface area (Å²) >= 11 is 0. The lowest BCUT2D eigenvalue weighted by atomic mass is 10.2. The number of rotatable bonds is 5. The normalized spacial score (nSPS) is 13.7. The Bertz CT molecular complexity index is 1090. The minimum atomic E-state index is 0.446. The molecule has 3 aromatic heterocycles. The molecule has 7 heteroatoms. The van der Waals surface area contributed by atoms with Crippen LogP contribution >= 0.6 is 0 Å².